The second-order valence-corrected chi connectivity index (χ2v) is 5.59. The molecule has 2 rings (SSSR count). The summed E-state index contributed by atoms with van der Waals surface area (Å²) in [5.41, 5.74) is 1.06. The zero-order valence-electron chi connectivity index (χ0n) is 12.2. The van der Waals surface area contributed by atoms with E-state index in [1.54, 1.807) is 13.0 Å². The Morgan fingerprint density at radius 1 is 1.43 bits per heavy atom. The molecule has 1 heterocycles. The highest BCUT2D eigenvalue weighted by atomic mass is 35.5. The topological polar surface area (TPSA) is 38.1 Å². The van der Waals surface area contributed by atoms with E-state index >= 15 is 0 Å². The summed E-state index contributed by atoms with van der Waals surface area (Å²) in [6.45, 7) is 3.02. The lowest BCUT2D eigenvalue weighted by molar-refractivity contribution is 0.102. The van der Waals surface area contributed by atoms with E-state index in [1.807, 2.05) is 19.0 Å². The van der Waals surface area contributed by atoms with Gasteiger partial charge in [-0.05, 0) is 33.2 Å². The van der Waals surface area contributed by atoms with Gasteiger partial charge in [0.1, 0.15) is 11.5 Å². The van der Waals surface area contributed by atoms with E-state index in [0.29, 0.717) is 13.1 Å². The van der Waals surface area contributed by atoms with Crippen molar-refractivity contribution in [2.24, 2.45) is 0 Å². The maximum Gasteiger partial charge on any atom is 0.215 e. The molecule has 0 fully saturated rings. The smallest absolute Gasteiger partial charge is 0.215 e. The summed E-state index contributed by atoms with van der Waals surface area (Å²) in [4.78, 5) is 14.5. The molecule has 0 spiro atoms. The van der Waals surface area contributed by atoms with Crippen LogP contribution in [0.1, 0.15) is 21.6 Å². The Hall–Kier alpha value is -1.72. The summed E-state index contributed by atoms with van der Waals surface area (Å²) in [6.07, 6.45) is 1.41. The summed E-state index contributed by atoms with van der Waals surface area (Å²) < 4.78 is 15.4. The number of hydrogen-bond acceptors (Lipinski definition) is 3. The summed E-state index contributed by atoms with van der Waals surface area (Å²) in [6, 6.07) is 4.44. The molecule has 0 N–H and O–H groups in total. The van der Waals surface area contributed by atoms with Crippen LogP contribution in [0.3, 0.4) is 0 Å². The monoisotopic (exact) mass is 309 g/mol. The summed E-state index contributed by atoms with van der Waals surface area (Å²) in [7, 11) is 3.85. The predicted octanol–water partition coefficient (Wildman–Crippen LogP) is 2.78. The van der Waals surface area contributed by atoms with Crippen LogP contribution in [0.5, 0.6) is 0 Å². The predicted molar refractivity (Wildman–Crippen MR) is 80.4 cm³/mol. The molecule has 0 aliphatic rings. The third-order valence-corrected chi connectivity index (χ3v) is 3.41. The summed E-state index contributed by atoms with van der Waals surface area (Å²) >= 11 is 6.06. The first-order valence-corrected chi connectivity index (χ1v) is 6.95. The van der Waals surface area contributed by atoms with Crippen LogP contribution in [0.2, 0.25) is 5.02 Å². The van der Waals surface area contributed by atoms with Crippen molar-refractivity contribution in [3.05, 3.63) is 52.1 Å². The van der Waals surface area contributed by atoms with Gasteiger partial charge in [0.25, 0.3) is 0 Å². The second-order valence-electron chi connectivity index (χ2n) is 5.18. The molecule has 0 saturated heterocycles. The average molecular weight is 310 g/mol. The number of halogens is 2. The molecule has 6 heteroatoms. The minimum absolute atomic E-state index is 0.0171. The fourth-order valence-electron chi connectivity index (χ4n) is 1.99. The fourth-order valence-corrected chi connectivity index (χ4v) is 2.22. The van der Waals surface area contributed by atoms with Gasteiger partial charge in [0.05, 0.1) is 23.3 Å². The van der Waals surface area contributed by atoms with E-state index in [2.05, 4.69) is 5.10 Å². The van der Waals surface area contributed by atoms with E-state index in [1.165, 1.54) is 23.0 Å². The van der Waals surface area contributed by atoms with E-state index in [4.69, 9.17) is 11.6 Å². The molecule has 0 unspecified atom stereocenters. The number of aromatic nitrogens is 2. The van der Waals surface area contributed by atoms with Crippen LogP contribution in [-0.4, -0.2) is 41.1 Å². The van der Waals surface area contributed by atoms with Crippen molar-refractivity contribution in [1.82, 2.24) is 14.7 Å². The summed E-state index contributed by atoms with van der Waals surface area (Å²) in [5, 5.41) is 4.34. The van der Waals surface area contributed by atoms with E-state index in [0.717, 1.165) is 5.56 Å². The molecular formula is C15H17ClFN3O. The molecule has 0 bridgehead atoms. The van der Waals surface area contributed by atoms with Crippen molar-refractivity contribution in [2.75, 3.05) is 20.6 Å². The molecule has 0 amide bonds. The van der Waals surface area contributed by atoms with Gasteiger partial charge in [0, 0.05) is 6.54 Å². The Morgan fingerprint density at radius 2 is 2.14 bits per heavy atom. The van der Waals surface area contributed by atoms with Gasteiger partial charge in [-0.25, -0.2) is 4.39 Å². The molecule has 0 aliphatic heterocycles. The lowest BCUT2D eigenvalue weighted by atomic mass is 10.0. The van der Waals surface area contributed by atoms with Crippen LogP contribution in [0.4, 0.5) is 4.39 Å². The first-order chi connectivity index (χ1) is 9.90. The third-order valence-electron chi connectivity index (χ3n) is 3.14. The van der Waals surface area contributed by atoms with Crippen LogP contribution in [-0.2, 0) is 6.54 Å². The quantitative estimate of drug-likeness (QED) is 0.797. The highest BCUT2D eigenvalue weighted by Gasteiger charge is 2.22. The van der Waals surface area contributed by atoms with Crippen LogP contribution in [0.15, 0.2) is 24.4 Å². The Kier molecular flexibility index (Phi) is 4.75. The molecular weight excluding hydrogens is 293 g/mol. The van der Waals surface area contributed by atoms with Gasteiger partial charge in [-0.1, -0.05) is 23.2 Å². The third kappa shape index (κ3) is 3.49. The number of nitrogens with zero attached hydrogens (tertiary/aromatic N) is 3. The minimum atomic E-state index is -0.554. The standard InChI is InChI=1S/C15H17ClFN3O/c1-10-4-5-13(17)11(8-10)15(21)14-12(16)9-18-20(14)7-6-19(2)3/h4-5,8-9H,6-7H2,1-3H3. The van der Waals surface area contributed by atoms with Crippen LogP contribution in [0, 0.1) is 12.7 Å². The molecule has 0 aliphatic carbocycles. The van der Waals surface area contributed by atoms with E-state index < -0.39 is 11.6 Å². The van der Waals surface area contributed by atoms with Crippen molar-refractivity contribution >= 4 is 17.4 Å². The Balaban J connectivity index is 2.39. The number of likely N-dealkylation sites (N-methyl/N-ethyl adjacent to an activating group) is 1. The van der Waals surface area contributed by atoms with E-state index in [-0.39, 0.29) is 16.3 Å². The number of ketones is 1. The fraction of sp³-hybridized carbons (Fsp3) is 0.333. The van der Waals surface area contributed by atoms with E-state index in [9.17, 15) is 9.18 Å². The molecule has 0 atom stereocenters. The van der Waals surface area contributed by atoms with Crippen molar-refractivity contribution < 1.29 is 9.18 Å². The number of aryl methyl sites for hydroxylation is 1. The second kappa shape index (κ2) is 6.37. The maximum atomic E-state index is 13.9. The lowest BCUT2D eigenvalue weighted by Gasteiger charge is -2.12. The minimum Gasteiger partial charge on any atom is -0.308 e. The molecule has 112 valence electrons. The first kappa shape index (κ1) is 15.7. The largest absolute Gasteiger partial charge is 0.308 e. The maximum absolute atomic E-state index is 13.9. The van der Waals surface area contributed by atoms with Crippen molar-refractivity contribution in [3.63, 3.8) is 0 Å². The number of rotatable bonds is 5. The summed E-state index contributed by atoms with van der Waals surface area (Å²) in [5.74, 6) is -1.00. The zero-order valence-corrected chi connectivity index (χ0v) is 13.0. The molecule has 2 aromatic rings. The highest BCUT2D eigenvalue weighted by Crippen LogP contribution is 2.21. The van der Waals surface area contributed by atoms with Crippen molar-refractivity contribution in [3.8, 4) is 0 Å². The van der Waals surface area contributed by atoms with Crippen LogP contribution >= 0.6 is 11.6 Å². The first-order valence-electron chi connectivity index (χ1n) is 6.57. The van der Waals surface area contributed by atoms with Crippen molar-refractivity contribution in [2.45, 2.75) is 13.5 Å². The highest BCUT2D eigenvalue weighted by molar-refractivity contribution is 6.34. The molecule has 1 aromatic carbocycles. The Labute approximate surface area is 128 Å². The molecule has 1 aromatic heterocycles. The number of benzene rings is 1. The number of carbonyl (C=O) groups excluding carboxylic acids is 1. The molecule has 21 heavy (non-hydrogen) atoms. The van der Waals surface area contributed by atoms with Gasteiger partial charge in [-0.2, -0.15) is 5.10 Å². The van der Waals surface area contributed by atoms with Crippen LogP contribution < -0.4 is 0 Å². The van der Waals surface area contributed by atoms with Gasteiger partial charge in [0.15, 0.2) is 0 Å². The lowest BCUT2D eigenvalue weighted by Crippen LogP contribution is -2.22. The van der Waals surface area contributed by atoms with Gasteiger partial charge < -0.3 is 4.90 Å². The number of hydrogen-bond donors (Lipinski definition) is 0. The van der Waals surface area contributed by atoms with Gasteiger partial charge >= 0.3 is 0 Å². The Bertz CT molecular complexity index is 667. The van der Waals surface area contributed by atoms with Gasteiger partial charge in [-0.3, -0.25) is 9.48 Å². The zero-order chi connectivity index (χ0) is 15.6. The van der Waals surface area contributed by atoms with Gasteiger partial charge in [0.2, 0.25) is 5.78 Å². The molecule has 0 radical (unpaired) electrons. The van der Waals surface area contributed by atoms with Crippen molar-refractivity contribution in [1.29, 1.82) is 0 Å². The van der Waals surface area contributed by atoms with Crippen LogP contribution in [0.25, 0.3) is 0 Å². The number of carbonyl (C=O) groups is 1. The van der Waals surface area contributed by atoms with Gasteiger partial charge in [-0.15, -0.1) is 0 Å². The SMILES string of the molecule is Cc1ccc(F)c(C(=O)c2c(Cl)cnn2CCN(C)C)c1. The normalized spacial score (nSPS) is 11.1. The average Bonchev–Trinajstić information content (AvgIpc) is 2.79. The molecule has 4 nitrogen and oxygen atoms in total. The molecule has 0 saturated carbocycles. The Morgan fingerprint density at radius 3 is 2.81 bits per heavy atom.